The van der Waals surface area contributed by atoms with Gasteiger partial charge in [0.15, 0.2) is 0 Å². The fourth-order valence-electron chi connectivity index (χ4n) is 2.99. The minimum atomic E-state index is -0.849. The third-order valence-electron chi connectivity index (χ3n) is 4.48. The maximum absolute atomic E-state index is 11.9. The van der Waals surface area contributed by atoms with Crippen LogP contribution in [0.25, 0.3) is 0 Å². The lowest BCUT2D eigenvalue weighted by Gasteiger charge is -2.27. The van der Waals surface area contributed by atoms with Gasteiger partial charge in [-0.25, -0.2) is 0 Å². The van der Waals surface area contributed by atoms with Gasteiger partial charge in [-0.15, -0.1) is 0 Å². The third-order valence-corrected chi connectivity index (χ3v) is 4.48. The van der Waals surface area contributed by atoms with Gasteiger partial charge in [0.2, 0.25) is 5.91 Å². The molecule has 1 aromatic rings. The quantitative estimate of drug-likeness (QED) is 0.633. The molecule has 2 rings (SSSR count). The number of carbonyl (C=O) groups is 2. The lowest BCUT2D eigenvalue weighted by molar-refractivity contribution is -0.145. The number of carboxylic acids is 1. The zero-order valence-corrected chi connectivity index (χ0v) is 14.5. The minimum absolute atomic E-state index is 0.0701. The number of hydrogen-bond acceptors (Lipinski definition) is 4. The molecule has 1 aromatic carbocycles. The Hall–Kier alpha value is -1.92. The zero-order chi connectivity index (χ0) is 17.9. The molecule has 0 saturated carbocycles. The van der Waals surface area contributed by atoms with Crippen LogP contribution in [0.3, 0.4) is 0 Å². The van der Waals surface area contributed by atoms with Crippen molar-refractivity contribution in [3.05, 3.63) is 35.9 Å². The number of benzene rings is 1. The first-order chi connectivity index (χ1) is 12.2. The van der Waals surface area contributed by atoms with E-state index in [1.54, 1.807) is 0 Å². The Morgan fingerprint density at radius 1 is 1.24 bits per heavy atom. The average Bonchev–Trinajstić information content (AvgIpc) is 2.63. The summed E-state index contributed by atoms with van der Waals surface area (Å²) in [6, 6.07) is 9.87. The molecule has 0 aliphatic carbocycles. The zero-order valence-electron chi connectivity index (χ0n) is 14.5. The van der Waals surface area contributed by atoms with E-state index in [1.807, 2.05) is 30.3 Å². The average molecular weight is 349 g/mol. The molecule has 6 nitrogen and oxygen atoms in total. The van der Waals surface area contributed by atoms with Gasteiger partial charge in [-0.3, -0.25) is 9.59 Å². The normalized spacial score (nSPS) is 16.3. The fourth-order valence-corrected chi connectivity index (χ4v) is 2.99. The number of aliphatic carboxylic acids is 1. The number of rotatable bonds is 10. The summed E-state index contributed by atoms with van der Waals surface area (Å²) in [6.45, 7) is 2.42. The maximum atomic E-state index is 11.9. The lowest BCUT2D eigenvalue weighted by atomic mass is 9.86. The number of carbonyl (C=O) groups excluding carboxylic acids is 1. The van der Waals surface area contributed by atoms with Gasteiger partial charge < -0.3 is 19.9 Å². The van der Waals surface area contributed by atoms with Crippen LogP contribution in [-0.2, 0) is 25.7 Å². The molecule has 1 heterocycles. The first-order valence-corrected chi connectivity index (χ1v) is 8.85. The molecule has 1 atom stereocenters. The second kappa shape index (κ2) is 10.8. The van der Waals surface area contributed by atoms with Crippen LogP contribution in [0.4, 0.5) is 0 Å². The van der Waals surface area contributed by atoms with Crippen molar-refractivity contribution in [1.82, 2.24) is 5.32 Å². The van der Waals surface area contributed by atoms with Gasteiger partial charge in [-0.2, -0.15) is 0 Å². The van der Waals surface area contributed by atoms with E-state index in [1.165, 1.54) is 0 Å². The van der Waals surface area contributed by atoms with Crippen molar-refractivity contribution in [2.24, 2.45) is 11.8 Å². The van der Waals surface area contributed by atoms with Crippen LogP contribution in [0.15, 0.2) is 30.3 Å². The van der Waals surface area contributed by atoms with Crippen LogP contribution in [0.2, 0.25) is 0 Å². The van der Waals surface area contributed by atoms with E-state index in [-0.39, 0.29) is 18.4 Å². The second-order valence-electron chi connectivity index (χ2n) is 6.34. The molecular weight excluding hydrogens is 322 g/mol. The number of amides is 1. The first-order valence-electron chi connectivity index (χ1n) is 8.85. The van der Waals surface area contributed by atoms with E-state index in [0.29, 0.717) is 39.3 Å². The Morgan fingerprint density at radius 3 is 2.64 bits per heavy atom. The van der Waals surface area contributed by atoms with Crippen molar-refractivity contribution in [2.75, 3.05) is 26.4 Å². The summed E-state index contributed by atoms with van der Waals surface area (Å²) in [5, 5.41) is 12.1. The van der Waals surface area contributed by atoms with E-state index in [9.17, 15) is 14.7 Å². The molecular formula is C19H27NO5. The highest BCUT2D eigenvalue weighted by molar-refractivity contribution is 5.77. The number of nitrogens with one attached hydrogen (secondary N) is 1. The van der Waals surface area contributed by atoms with Crippen molar-refractivity contribution < 1.29 is 24.2 Å². The SMILES string of the molecule is O=C(CCCOCc1ccccc1)NCC(C(=O)O)C1CCOCC1. The Morgan fingerprint density at radius 2 is 1.96 bits per heavy atom. The van der Waals surface area contributed by atoms with Crippen LogP contribution in [0.5, 0.6) is 0 Å². The van der Waals surface area contributed by atoms with Gasteiger partial charge in [-0.1, -0.05) is 30.3 Å². The van der Waals surface area contributed by atoms with E-state index in [4.69, 9.17) is 9.47 Å². The monoisotopic (exact) mass is 349 g/mol. The van der Waals surface area contributed by atoms with Crippen LogP contribution in [0.1, 0.15) is 31.2 Å². The van der Waals surface area contributed by atoms with Crippen LogP contribution < -0.4 is 5.32 Å². The summed E-state index contributed by atoms with van der Waals surface area (Å²) >= 11 is 0. The van der Waals surface area contributed by atoms with Crippen molar-refractivity contribution in [3.8, 4) is 0 Å². The van der Waals surface area contributed by atoms with E-state index >= 15 is 0 Å². The summed E-state index contributed by atoms with van der Waals surface area (Å²) < 4.78 is 10.8. The van der Waals surface area contributed by atoms with Crippen LogP contribution >= 0.6 is 0 Å². The predicted octanol–water partition coefficient (Wildman–Crippen LogP) is 2.23. The molecule has 25 heavy (non-hydrogen) atoms. The molecule has 1 fully saturated rings. The van der Waals surface area contributed by atoms with Crippen molar-refractivity contribution in [2.45, 2.75) is 32.3 Å². The Balaban J connectivity index is 1.59. The molecule has 1 aliphatic rings. The molecule has 0 radical (unpaired) electrons. The Kier molecular flexibility index (Phi) is 8.42. The predicted molar refractivity (Wildman–Crippen MR) is 93.0 cm³/mol. The number of hydrogen-bond donors (Lipinski definition) is 2. The summed E-state index contributed by atoms with van der Waals surface area (Å²) in [6.07, 6.45) is 2.43. The van der Waals surface area contributed by atoms with Gasteiger partial charge in [0.1, 0.15) is 0 Å². The van der Waals surface area contributed by atoms with Gasteiger partial charge >= 0.3 is 5.97 Å². The third kappa shape index (κ3) is 7.23. The highest BCUT2D eigenvalue weighted by Gasteiger charge is 2.29. The maximum Gasteiger partial charge on any atom is 0.308 e. The molecule has 1 aliphatic heterocycles. The summed E-state index contributed by atoms with van der Waals surface area (Å²) in [4.78, 5) is 23.3. The van der Waals surface area contributed by atoms with Crippen molar-refractivity contribution >= 4 is 11.9 Å². The highest BCUT2D eigenvalue weighted by Crippen LogP contribution is 2.23. The molecule has 2 N–H and O–H groups in total. The molecule has 1 saturated heterocycles. The minimum Gasteiger partial charge on any atom is -0.481 e. The fraction of sp³-hybridized carbons (Fsp3) is 0.579. The number of ether oxygens (including phenoxy) is 2. The smallest absolute Gasteiger partial charge is 0.308 e. The largest absolute Gasteiger partial charge is 0.481 e. The second-order valence-corrected chi connectivity index (χ2v) is 6.34. The van der Waals surface area contributed by atoms with Crippen LogP contribution in [-0.4, -0.2) is 43.3 Å². The standard InChI is InChI=1S/C19H27NO5/c21-18(7-4-10-25-14-15-5-2-1-3-6-15)20-13-17(19(22)23)16-8-11-24-12-9-16/h1-3,5-6,16-17H,4,7-14H2,(H,20,21)(H,22,23). The lowest BCUT2D eigenvalue weighted by Crippen LogP contribution is -2.38. The summed E-state index contributed by atoms with van der Waals surface area (Å²) in [5.74, 6) is -1.44. The molecule has 0 aromatic heterocycles. The Bertz CT molecular complexity index is 528. The number of carboxylic acid groups (broad SMARTS) is 1. The first kappa shape index (κ1) is 19.4. The molecule has 1 unspecified atom stereocenters. The highest BCUT2D eigenvalue weighted by atomic mass is 16.5. The van der Waals surface area contributed by atoms with E-state index in [0.717, 1.165) is 18.4 Å². The molecule has 0 spiro atoms. The van der Waals surface area contributed by atoms with Crippen LogP contribution in [0, 0.1) is 11.8 Å². The van der Waals surface area contributed by atoms with Crippen molar-refractivity contribution in [3.63, 3.8) is 0 Å². The van der Waals surface area contributed by atoms with Gasteiger partial charge in [0.25, 0.3) is 0 Å². The van der Waals surface area contributed by atoms with Gasteiger partial charge in [0, 0.05) is 32.8 Å². The molecule has 6 heteroatoms. The summed E-state index contributed by atoms with van der Waals surface area (Å²) in [5.41, 5.74) is 1.10. The van der Waals surface area contributed by atoms with E-state index in [2.05, 4.69) is 5.32 Å². The van der Waals surface area contributed by atoms with Gasteiger partial charge in [0.05, 0.1) is 12.5 Å². The van der Waals surface area contributed by atoms with E-state index < -0.39 is 11.9 Å². The van der Waals surface area contributed by atoms with Gasteiger partial charge in [-0.05, 0) is 30.7 Å². The summed E-state index contributed by atoms with van der Waals surface area (Å²) in [7, 11) is 0. The Labute approximate surface area is 148 Å². The molecule has 138 valence electrons. The topological polar surface area (TPSA) is 84.9 Å². The van der Waals surface area contributed by atoms with Crippen molar-refractivity contribution in [1.29, 1.82) is 0 Å². The molecule has 0 bridgehead atoms. The molecule has 1 amide bonds.